The zero-order chi connectivity index (χ0) is 16.8. The van der Waals surface area contributed by atoms with Gasteiger partial charge in [-0.05, 0) is 30.2 Å². The summed E-state index contributed by atoms with van der Waals surface area (Å²) in [7, 11) is 0. The van der Waals surface area contributed by atoms with Crippen molar-refractivity contribution in [1.29, 1.82) is 0 Å². The predicted molar refractivity (Wildman–Crippen MR) is 93.3 cm³/mol. The number of nitrogens with zero attached hydrogens (tertiary/aromatic N) is 3. The van der Waals surface area contributed by atoms with Gasteiger partial charge in [-0.2, -0.15) is 0 Å². The van der Waals surface area contributed by atoms with Gasteiger partial charge in [0, 0.05) is 37.2 Å². The standard InChI is InChI=1S/C20H17N3O2/c24-18-11-14(19-6-3-9-25-19)10-16-15(18)12-21-20(22-16)23-8-7-13-4-1-2-5-17(13)23/h1-6,9,12,14H,7-8,10-11H2/t14-/m0/s1. The van der Waals surface area contributed by atoms with Crippen molar-refractivity contribution in [2.45, 2.75) is 25.2 Å². The number of Topliss-reactive ketones (excluding diaryl/α,β-unsaturated/α-hetero) is 1. The van der Waals surface area contributed by atoms with Gasteiger partial charge in [0.1, 0.15) is 5.76 Å². The minimum absolute atomic E-state index is 0.0589. The molecule has 0 saturated carbocycles. The van der Waals surface area contributed by atoms with Crippen LogP contribution in [0, 0.1) is 0 Å². The van der Waals surface area contributed by atoms with E-state index in [9.17, 15) is 4.79 Å². The molecule has 0 saturated heterocycles. The van der Waals surface area contributed by atoms with E-state index >= 15 is 0 Å². The summed E-state index contributed by atoms with van der Waals surface area (Å²) >= 11 is 0. The van der Waals surface area contributed by atoms with E-state index in [1.165, 1.54) is 5.56 Å². The topological polar surface area (TPSA) is 59.2 Å². The maximum absolute atomic E-state index is 12.5. The first-order valence-electron chi connectivity index (χ1n) is 8.57. The molecule has 5 nitrogen and oxygen atoms in total. The van der Waals surface area contributed by atoms with Gasteiger partial charge in [-0.3, -0.25) is 4.79 Å². The van der Waals surface area contributed by atoms with Crippen LogP contribution in [0.15, 0.2) is 53.3 Å². The summed E-state index contributed by atoms with van der Waals surface area (Å²) in [5, 5.41) is 0. The maximum Gasteiger partial charge on any atom is 0.230 e. The van der Waals surface area contributed by atoms with Crippen molar-refractivity contribution in [3.05, 3.63) is 71.4 Å². The molecule has 0 spiro atoms. The van der Waals surface area contributed by atoms with Crippen LogP contribution in [0.25, 0.3) is 0 Å². The van der Waals surface area contributed by atoms with Crippen LogP contribution in [0.3, 0.4) is 0 Å². The van der Waals surface area contributed by atoms with Crippen molar-refractivity contribution in [3.8, 4) is 0 Å². The Balaban J connectivity index is 1.52. The van der Waals surface area contributed by atoms with E-state index in [1.54, 1.807) is 12.5 Å². The number of hydrogen-bond acceptors (Lipinski definition) is 5. The van der Waals surface area contributed by atoms with Gasteiger partial charge in [0.05, 0.1) is 17.5 Å². The van der Waals surface area contributed by atoms with Crippen molar-refractivity contribution >= 4 is 17.4 Å². The highest BCUT2D eigenvalue weighted by molar-refractivity contribution is 5.98. The van der Waals surface area contributed by atoms with Crippen LogP contribution in [-0.2, 0) is 12.8 Å². The van der Waals surface area contributed by atoms with Gasteiger partial charge in [-0.1, -0.05) is 18.2 Å². The molecule has 3 aromatic rings. The highest BCUT2D eigenvalue weighted by Crippen LogP contribution is 2.35. The molecular weight excluding hydrogens is 314 g/mol. The molecule has 0 unspecified atom stereocenters. The summed E-state index contributed by atoms with van der Waals surface area (Å²) in [4.78, 5) is 23.9. The molecule has 1 atom stereocenters. The van der Waals surface area contributed by atoms with Crippen molar-refractivity contribution in [2.75, 3.05) is 11.4 Å². The summed E-state index contributed by atoms with van der Waals surface area (Å²) in [6.07, 6.45) is 5.50. The van der Waals surface area contributed by atoms with E-state index in [4.69, 9.17) is 9.40 Å². The SMILES string of the molecule is O=C1C[C@@H](c2ccco2)Cc2nc(N3CCc4ccccc43)ncc21. The number of benzene rings is 1. The number of carbonyl (C=O) groups is 1. The lowest BCUT2D eigenvalue weighted by Crippen LogP contribution is -2.23. The van der Waals surface area contributed by atoms with Crippen molar-refractivity contribution in [1.82, 2.24) is 9.97 Å². The Morgan fingerprint density at radius 3 is 2.92 bits per heavy atom. The van der Waals surface area contributed by atoms with Crippen LogP contribution in [0.2, 0.25) is 0 Å². The number of para-hydroxylation sites is 1. The smallest absolute Gasteiger partial charge is 0.230 e. The summed E-state index contributed by atoms with van der Waals surface area (Å²) in [5.41, 5.74) is 3.95. The maximum atomic E-state index is 12.5. The molecule has 0 N–H and O–H groups in total. The number of rotatable bonds is 2. The lowest BCUT2D eigenvalue weighted by atomic mass is 9.85. The van der Waals surface area contributed by atoms with Crippen LogP contribution in [-0.4, -0.2) is 22.3 Å². The van der Waals surface area contributed by atoms with E-state index in [-0.39, 0.29) is 11.7 Å². The normalized spacial score (nSPS) is 19.0. The molecule has 0 bridgehead atoms. The van der Waals surface area contributed by atoms with Gasteiger partial charge in [0.25, 0.3) is 0 Å². The molecule has 5 heteroatoms. The molecule has 2 aromatic heterocycles. The number of carbonyl (C=O) groups excluding carboxylic acids is 1. The Kier molecular flexibility index (Phi) is 3.20. The van der Waals surface area contributed by atoms with Crippen LogP contribution < -0.4 is 4.90 Å². The molecule has 0 radical (unpaired) electrons. The molecule has 1 aliphatic carbocycles. The summed E-state index contributed by atoms with van der Waals surface area (Å²) in [6.45, 7) is 0.869. The number of anilines is 2. The fraction of sp³-hybridized carbons (Fsp3) is 0.250. The van der Waals surface area contributed by atoms with Crippen LogP contribution in [0.4, 0.5) is 11.6 Å². The average Bonchev–Trinajstić information content (AvgIpc) is 3.31. The zero-order valence-electron chi connectivity index (χ0n) is 13.7. The number of aromatic nitrogens is 2. The quantitative estimate of drug-likeness (QED) is 0.717. The molecule has 3 heterocycles. The third-order valence-corrected chi connectivity index (χ3v) is 5.10. The van der Waals surface area contributed by atoms with Crippen LogP contribution >= 0.6 is 0 Å². The van der Waals surface area contributed by atoms with Crippen LogP contribution in [0.1, 0.15) is 39.7 Å². The van der Waals surface area contributed by atoms with Crippen molar-refractivity contribution in [3.63, 3.8) is 0 Å². The Morgan fingerprint density at radius 1 is 1.12 bits per heavy atom. The van der Waals surface area contributed by atoms with E-state index in [2.05, 4.69) is 28.1 Å². The Labute approximate surface area is 145 Å². The molecule has 25 heavy (non-hydrogen) atoms. The van der Waals surface area contributed by atoms with E-state index in [1.807, 2.05) is 18.2 Å². The van der Waals surface area contributed by atoms with E-state index < -0.39 is 0 Å². The summed E-state index contributed by atoms with van der Waals surface area (Å²) < 4.78 is 5.51. The van der Waals surface area contributed by atoms with Crippen molar-refractivity contribution < 1.29 is 9.21 Å². The van der Waals surface area contributed by atoms with E-state index in [0.717, 1.165) is 30.1 Å². The van der Waals surface area contributed by atoms with Gasteiger partial charge in [-0.25, -0.2) is 9.97 Å². The van der Waals surface area contributed by atoms with E-state index in [0.29, 0.717) is 24.4 Å². The van der Waals surface area contributed by atoms with Crippen LogP contribution in [0.5, 0.6) is 0 Å². The minimum Gasteiger partial charge on any atom is -0.469 e. The second kappa shape index (κ2) is 5.55. The van der Waals surface area contributed by atoms with Crippen molar-refractivity contribution in [2.24, 2.45) is 0 Å². The molecule has 124 valence electrons. The number of furan rings is 1. The second-order valence-electron chi connectivity index (χ2n) is 6.60. The minimum atomic E-state index is 0.0589. The Bertz CT molecular complexity index is 949. The fourth-order valence-corrected chi connectivity index (χ4v) is 3.84. The molecule has 1 aromatic carbocycles. The molecule has 1 aliphatic heterocycles. The fourth-order valence-electron chi connectivity index (χ4n) is 3.84. The van der Waals surface area contributed by atoms with Gasteiger partial charge < -0.3 is 9.32 Å². The predicted octanol–water partition coefficient (Wildman–Crippen LogP) is 3.68. The zero-order valence-corrected chi connectivity index (χ0v) is 13.7. The molecule has 5 rings (SSSR count). The Morgan fingerprint density at radius 2 is 2.04 bits per heavy atom. The second-order valence-corrected chi connectivity index (χ2v) is 6.60. The molecule has 2 aliphatic rings. The molecule has 0 fully saturated rings. The average molecular weight is 331 g/mol. The molecule has 0 amide bonds. The monoisotopic (exact) mass is 331 g/mol. The molecular formula is C20H17N3O2. The summed E-state index contributed by atoms with van der Waals surface area (Å²) in [5.74, 6) is 1.68. The largest absolute Gasteiger partial charge is 0.469 e. The third-order valence-electron chi connectivity index (χ3n) is 5.10. The summed E-state index contributed by atoms with van der Waals surface area (Å²) in [6, 6.07) is 12.1. The third kappa shape index (κ3) is 2.35. The lowest BCUT2D eigenvalue weighted by Gasteiger charge is -2.23. The Hall–Kier alpha value is -2.95. The highest BCUT2D eigenvalue weighted by Gasteiger charge is 2.31. The number of fused-ring (bicyclic) bond motifs is 2. The number of ketones is 1. The lowest BCUT2D eigenvalue weighted by molar-refractivity contribution is 0.0958. The highest BCUT2D eigenvalue weighted by atomic mass is 16.3. The van der Waals surface area contributed by atoms with Gasteiger partial charge in [0.15, 0.2) is 5.78 Å². The van der Waals surface area contributed by atoms with Gasteiger partial charge in [0.2, 0.25) is 5.95 Å². The first kappa shape index (κ1) is 14.4. The first-order valence-corrected chi connectivity index (χ1v) is 8.57. The number of hydrogen-bond donors (Lipinski definition) is 0. The van der Waals surface area contributed by atoms with Gasteiger partial charge >= 0.3 is 0 Å². The van der Waals surface area contributed by atoms with Gasteiger partial charge in [-0.15, -0.1) is 0 Å². The first-order chi connectivity index (χ1) is 12.3.